The van der Waals surface area contributed by atoms with Crippen molar-refractivity contribution in [1.29, 1.82) is 5.26 Å². The molecule has 6 heteroatoms. The van der Waals surface area contributed by atoms with Gasteiger partial charge in [-0.3, -0.25) is 10.1 Å². The second-order valence-electron chi connectivity index (χ2n) is 5.31. The third kappa shape index (κ3) is 2.72. The largest absolute Gasteiger partial charge is 0.384 e. The first-order valence-electron chi connectivity index (χ1n) is 7.06. The maximum absolute atomic E-state index is 11.0. The summed E-state index contributed by atoms with van der Waals surface area (Å²) in [5.41, 5.74) is 8.98. The van der Waals surface area contributed by atoms with E-state index in [0.717, 1.165) is 11.1 Å². The summed E-state index contributed by atoms with van der Waals surface area (Å²) in [4.78, 5) is 12.4. The van der Waals surface area contributed by atoms with Crippen LogP contribution in [0.25, 0.3) is 5.57 Å². The summed E-state index contributed by atoms with van der Waals surface area (Å²) in [5, 5.41) is 20.4. The Kier molecular flexibility index (Phi) is 3.69. The maximum atomic E-state index is 11.0. The standard InChI is InChI=1S/C17H14N4O2/c18-9-16-15-7-6-14(21(22)23)8-13(15)11-20(17(16)19)10-12-4-2-1-3-5-12/h1-8H,10-11,19H2. The maximum Gasteiger partial charge on any atom is 0.269 e. The summed E-state index contributed by atoms with van der Waals surface area (Å²) in [7, 11) is 0. The third-order valence-corrected chi connectivity index (χ3v) is 3.86. The lowest BCUT2D eigenvalue weighted by Gasteiger charge is -2.31. The lowest BCUT2D eigenvalue weighted by atomic mass is 9.95. The number of nitro groups is 1. The van der Waals surface area contributed by atoms with Gasteiger partial charge in [0.1, 0.15) is 11.9 Å². The molecule has 3 rings (SSSR count). The van der Waals surface area contributed by atoms with Gasteiger partial charge in [0.25, 0.3) is 5.69 Å². The lowest BCUT2D eigenvalue weighted by molar-refractivity contribution is -0.384. The van der Waals surface area contributed by atoms with Crippen LogP contribution in [-0.2, 0) is 13.1 Å². The topological polar surface area (TPSA) is 96.2 Å². The van der Waals surface area contributed by atoms with Gasteiger partial charge in [0.2, 0.25) is 0 Å². The molecule has 1 aliphatic heterocycles. The van der Waals surface area contributed by atoms with Gasteiger partial charge in [-0.2, -0.15) is 5.26 Å². The van der Waals surface area contributed by atoms with Crippen LogP contribution in [0.3, 0.4) is 0 Å². The molecule has 2 aromatic rings. The Morgan fingerprint density at radius 2 is 2.00 bits per heavy atom. The molecule has 1 aliphatic rings. The van der Waals surface area contributed by atoms with Crippen molar-refractivity contribution in [3.63, 3.8) is 0 Å². The summed E-state index contributed by atoms with van der Waals surface area (Å²) in [6.45, 7) is 0.975. The van der Waals surface area contributed by atoms with Crippen LogP contribution < -0.4 is 5.73 Å². The van der Waals surface area contributed by atoms with Gasteiger partial charge < -0.3 is 10.6 Å². The zero-order valence-corrected chi connectivity index (χ0v) is 12.3. The molecule has 0 aliphatic carbocycles. The zero-order valence-electron chi connectivity index (χ0n) is 12.3. The number of hydrogen-bond donors (Lipinski definition) is 1. The predicted octanol–water partition coefficient (Wildman–Crippen LogP) is 2.76. The Morgan fingerprint density at radius 1 is 1.26 bits per heavy atom. The van der Waals surface area contributed by atoms with Crippen LogP contribution in [-0.4, -0.2) is 9.82 Å². The number of rotatable bonds is 3. The van der Waals surface area contributed by atoms with Crippen molar-refractivity contribution in [2.75, 3.05) is 0 Å². The molecule has 1 heterocycles. The van der Waals surface area contributed by atoms with E-state index in [4.69, 9.17) is 5.73 Å². The smallest absolute Gasteiger partial charge is 0.269 e. The van der Waals surface area contributed by atoms with E-state index >= 15 is 0 Å². The van der Waals surface area contributed by atoms with Crippen molar-refractivity contribution in [1.82, 2.24) is 4.90 Å². The van der Waals surface area contributed by atoms with Crippen LogP contribution in [0.2, 0.25) is 0 Å². The van der Waals surface area contributed by atoms with E-state index in [9.17, 15) is 15.4 Å². The van der Waals surface area contributed by atoms with E-state index in [2.05, 4.69) is 6.07 Å². The summed E-state index contributed by atoms with van der Waals surface area (Å²) in [6, 6.07) is 16.4. The number of non-ortho nitro benzene ring substituents is 1. The van der Waals surface area contributed by atoms with Crippen LogP contribution in [0.1, 0.15) is 16.7 Å². The van der Waals surface area contributed by atoms with Crippen molar-refractivity contribution < 1.29 is 4.92 Å². The number of nitriles is 1. The SMILES string of the molecule is N#CC1=C(N)N(Cc2ccccc2)Cc2cc([N+](=O)[O-])ccc21. The molecule has 0 saturated carbocycles. The molecule has 0 fully saturated rings. The van der Waals surface area contributed by atoms with Crippen LogP contribution in [0.15, 0.2) is 54.4 Å². The summed E-state index contributed by atoms with van der Waals surface area (Å²) < 4.78 is 0. The molecule has 114 valence electrons. The Balaban J connectivity index is 2.01. The fourth-order valence-corrected chi connectivity index (χ4v) is 2.72. The fraction of sp³-hybridized carbons (Fsp3) is 0.118. The molecule has 0 aromatic heterocycles. The first kappa shape index (κ1) is 14.6. The lowest BCUT2D eigenvalue weighted by Crippen LogP contribution is -2.31. The van der Waals surface area contributed by atoms with Crippen LogP contribution in [0, 0.1) is 21.4 Å². The number of benzene rings is 2. The number of nitrogens with zero attached hydrogens (tertiary/aromatic N) is 3. The van der Waals surface area contributed by atoms with E-state index < -0.39 is 4.92 Å². The molecule has 0 unspecified atom stereocenters. The number of fused-ring (bicyclic) bond motifs is 1. The highest BCUT2D eigenvalue weighted by molar-refractivity contribution is 5.82. The van der Waals surface area contributed by atoms with Crippen molar-refractivity contribution in [2.24, 2.45) is 5.73 Å². The highest BCUT2D eigenvalue weighted by atomic mass is 16.6. The summed E-state index contributed by atoms with van der Waals surface area (Å²) in [6.07, 6.45) is 0. The molecule has 0 amide bonds. The van der Waals surface area contributed by atoms with E-state index in [1.807, 2.05) is 35.2 Å². The summed E-state index contributed by atoms with van der Waals surface area (Å²) in [5.74, 6) is 0.401. The van der Waals surface area contributed by atoms with Crippen LogP contribution in [0.5, 0.6) is 0 Å². The molecule has 0 atom stereocenters. The monoisotopic (exact) mass is 306 g/mol. The molecular weight excluding hydrogens is 292 g/mol. The Bertz CT molecular complexity index is 837. The number of nitrogens with two attached hydrogens (primary N) is 1. The molecule has 0 radical (unpaired) electrons. The Morgan fingerprint density at radius 3 is 2.65 bits per heavy atom. The number of allylic oxidation sites excluding steroid dienone is 1. The minimum Gasteiger partial charge on any atom is -0.384 e. The average Bonchev–Trinajstić information content (AvgIpc) is 2.56. The first-order valence-corrected chi connectivity index (χ1v) is 7.06. The van der Waals surface area contributed by atoms with Crippen molar-refractivity contribution in [3.8, 4) is 6.07 Å². The Labute approximate surface area is 133 Å². The van der Waals surface area contributed by atoms with E-state index in [1.54, 1.807) is 6.07 Å². The molecule has 6 nitrogen and oxygen atoms in total. The minimum absolute atomic E-state index is 0.0150. The quantitative estimate of drug-likeness (QED) is 0.694. The van der Waals surface area contributed by atoms with Crippen molar-refractivity contribution >= 4 is 11.3 Å². The zero-order chi connectivity index (χ0) is 16.4. The number of nitro benzene ring substituents is 1. The van der Waals surface area contributed by atoms with Gasteiger partial charge in [-0.25, -0.2) is 0 Å². The molecule has 23 heavy (non-hydrogen) atoms. The predicted molar refractivity (Wildman–Crippen MR) is 85.5 cm³/mol. The van der Waals surface area contributed by atoms with Gasteiger partial charge in [0, 0.05) is 30.8 Å². The molecule has 2 N–H and O–H groups in total. The van der Waals surface area contributed by atoms with Gasteiger partial charge in [0.05, 0.1) is 10.5 Å². The van der Waals surface area contributed by atoms with E-state index in [1.165, 1.54) is 12.1 Å². The number of hydrogen-bond acceptors (Lipinski definition) is 5. The van der Waals surface area contributed by atoms with Crippen molar-refractivity contribution in [2.45, 2.75) is 13.1 Å². The molecule has 0 saturated heterocycles. The average molecular weight is 306 g/mol. The highest BCUT2D eigenvalue weighted by Crippen LogP contribution is 2.32. The fourth-order valence-electron chi connectivity index (χ4n) is 2.72. The first-order chi connectivity index (χ1) is 11.1. The summed E-state index contributed by atoms with van der Waals surface area (Å²) >= 11 is 0. The van der Waals surface area contributed by atoms with E-state index in [0.29, 0.717) is 30.0 Å². The molecule has 0 bridgehead atoms. The van der Waals surface area contributed by atoms with Crippen molar-refractivity contribution in [3.05, 3.63) is 81.2 Å². The minimum atomic E-state index is -0.435. The van der Waals surface area contributed by atoms with E-state index in [-0.39, 0.29) is 5.69 Å². The normalized spacial score (nSPS) is 13.4. The highest BCUT2D eigenvalue weighted by Gasteiger charge is 2.25. The molecule has 0 spiro atoms. The van der Waals surface area contributed by atoms with Gasteiger partial charge in [-0.15, -0.1) is 0 Å². The second kappa shape index (κ2) is 5.81. The van der Waals surface area contributed by atoms with Gasteiger partial charge in [-0.1, -0.05) is 30.3 Å². The van der Waals surface area contributed by atoms with Gasteiger partial charge in [-0.05, 0) is 17.2 Å². The van der Waals surface area contributed by atoms with Gasteiger partial charge in [0.15, 0.2) is 0 Å². The molecular formula is C17H14N4O2. The molecule has 2 aromatic carbocycles. The van der Waals surface area contributed by atoms with Crippen LogP contribution >= 0.6 is 0 Å². The van der Waals surface area contributed by atoms with Gasteiger partial charge >= 0.3 is 0 Å². The third-order valence-electron chi connectivity index (χ3n) is 3.86. The second-order valence-corrected chi connectivity index (χ2v) is 5.31. The van der Waals surface area contributed by atoms with Crippen LogP contribution in [0.4, 0.5) is 5.69 Å². The Hall–Kier alpha value is -3.33.